The molecular weight excluding hydrogens is 266 g/mol. The monoisotopic (exact) mass is 289 g/mol. The Hall–Kier alpha value is -1.88. The van der Waals surface area contributed by atoms with Gasteiger partial charge in [0.15, 0.2) is 0 Å². The number of nitrogens with one attached hydrogen (secondary N) is 2. The molecule has 0 spiro atoms. The normalized spacial score (nSPS) is 21.6. The van der Waals surface area contributed by atoms with Gasteiger partial charge in [0.25, 0.3) is 0 Å². The molecule has 5 heteroatoms. The largest absolute Gasteiger partial charge is 0.335 e. The van der Waals surface area contributed by atoms with E-state index in [9.17, 15) is 9.59 Å². The van der Waals surface area contributed by atoms with Gasteiger partial charge in [0.2, 0.25) is 11.8 Å². The minimum atomic E-state index is -0.180. The van der Waals surface area contributed by atoms with Crippen molar-refractivity contribution in [1.82, 2.24) is 10.2 Å². The fourth-order valence-corrected chi connectivity index (χ4v) is 2.63. The summed E-state index contributed by atoms with van der Waals surface area (Å²) in [7, 11) is 1.68. The summed E-state index contributed by atoms with van der Waals surface area (Å²) < 4.78 is 0. The maximum Gasteiger partial charge on any atom is 0.243 e. The summed E-state index contributed by atoms with van der Waals surface area (Å²) in [6.45, 7) is 3.01. The molecule has 2 amide bonds. The van der Waals surface area contributed by atoms with E-state index in [1.165, 1.54) is 4.90 Å². The third-order valence-electron chi connectivity index (χ3n) is 3.85. The average Bonchev–Trinajstić information content (AvgIpc) is 2.48. The van der Waals surface area contributed by atoms with E-state index in [2.05, 4.69) is 17.6 Å². The Bertz CT molecular complexity index is 490. The minimum absolute atomic E-state index is 0.00888. The van der Waals surface area contributed by atoms with E-state index in [1.54, 1.807) is 7.05 Å². The Morgan fingerprint density at radius 1 is 1.33 bits per heavy atom. The highest BCUT2D eigenvalue weighted by Crippen LogP contribution is 2.17. The van der Waals surface area contributed by atoms with Gasteiger partial charge >= 0.3 is 0 Å². The third kappa shape index (κ3) is 4.29. The summed E-state index contributed by atoms with van der Waals surface area (Å²) >= 11 is 0. The predicted molar refractivity (Wildman–Crippen MR) is 82.9 cm³/mol. The quantitative estimate of drug-likeness (QED) is 0.882. The van der Waals surface area contributed by atoms with Crippen LogP contribution in [0.5, 0.6) is 0 Å². The number of benzene rings is 1. The Kier molecular flexibility index (Phi) is 5.33. The molecule has 1 aromatic rings. The number of rotatable bonds is 4. The molecule has 0 saturated carbocycles. The van der Waals surface area contributed by atoms with E-state index in [-0.39, 0.29) is 24.4 Å². The van der Waals surface area contributed by atoms with Crippen LogP contribution in [0, 0.1) is 5.92 Å². The number of hydrogen-bond donors (Lipinski definition) is 2. The van der Waals surface area contributed by atoms with Crippen LogP contribution >= 0.6 is 0 Å². The van der Waals surface area contributed by atoms with Crippen molar-refractivity contribution in [2.45, 2.75) is 25.8 Å². The van der Waals surface area contributed by atoms with Gasteiger partial charge in [-0.2, -0.15) is 0 Å². The molecule has 2 N–H and O–H groups in total. The number of nitrogens with zero attached hydrogens (tertiary/aromatic N) is 1. The van der Waals surface area contributed by atoms with Crippen LogP contribution in [0.4, 0.5) is 5.69 Å². The molecule has 2 rings (SSSR count). The van der Waals surface area contributed by atoms with E-state index < -0.39 is 0 Å². The van der Waals surface area contributed by atoms with E-state index in [4.69, 9.17) is 0 Å². The van der Waals surface area contributed by atoms with Crippen molar-refractivity contribution in [3.63, 3.8) is 0 Å². The minimum Gasteiger partial charge on any atom is -0.335 e. The summed E-state index contributed by atoms with van der Waals surface area (Å²) in [5.41, 5.74) is 0.743. The summed E-state index contributed by atoms with van der Waals surface area (Å²) in [6, 6.07) is 9.08. The Morgan fingerprint density at radius 2 is 2.05 bits per heavy atom. The molecule has 1 aliphatic heterocycles. The molecule has 114 valence electrons. The van der Waals surface area contributed by atoms with E-state index in [1.807, 2.05) is 30.3 Å². The first kappa shape index (κ1) is 15.5. The Morgan fingerprint density at radius 3 is 2.71 bits per heavy atom. The molecular formula is C16H23N3O2. The second-order valence-electron chi connectivity index (χ2n) is 5.66. The SMILES string of the molecule is CC1CCCNC1C(=O)N(C)CC(=O)Nc1ccccc1. The summed E-state index contributed by atoms with van der Waals surface area (Å²) in [6.07, 6.45) is 2.15. The topological polar surface area (TPSA) is 61.4 Å². The van der Waals surface area contributed by atoms with Crippen molar-refractivity contribution in [3.8, 4) is 0 Å². The van der Waals surface area contributed by atoms with Gasteiger partial charge in [-0.3, -0.25) is 9.59 Å². The van der Waals surface area contributed by atoms with Crippen LogP contribution in [0.2, 0.25) is 0 Å². The maximum atomic E-state index is 12.4. The molecule has 1 aliphatic rings. The van der Waals surface area contributed by atoms with Gasteiger partial charge in [0.05, 0.1) is 12.6 Å². The molecule has 5 nitrogen and oxygen atoms in total. The van der Waals surface area contributed by atoms with Crippen LogP contribution in [0.1, 0.15) is 19.8 Å². The molecule has 21 heavy (non-hydrogen) atoms. The second kappa shape index (κ2) is 7.22. The molecule has 1 aromatic carbocycles. The van der Waals surface area contributed by atoms with Gasteiger partial charge in [-0.25, -0.2) is 0 Å². The van der Waals surface area contributed by atoms with Crippen molar-refractivity contribution in [2.24, 2.45) is 5.92 Å². The molecule has 1 saturated heterocycles. The number of anilines is 1. The van der Waals surface area contributed by atoms with Crippen molar-refractivity contribution in [3.05, 3.63) is 30.3 Å². The maximum absolute atomic E-state index is 12.4. The molecule has 0 aromatic heterocycles. The van der Waals surface area contributed by atoms with Gasteiger partial charge in [-0.05, 0) is 37.4 Å². The Labute approximate surface area is 125 Å². The third-order valence-corrected chi connectivity index (χ3v) is 3.85. The van der Waals surface area contributed by atoms with E-state index in [0.29, 0.717) is 5.92 Å². The lowest BCUT2D eigenvalue weighted by Gasteiger charge is -2.32. The lowest BCUT2D eigenvalue weighted by atomic mass is 9.92. The van der Waals surface area contributed by atoms with Gasteiger partial charge in [-0.15, -0.1) is 0 Å². The first-order chi connectivity index (χ1) is 10.1. The first-order valence-electron chi connectivity index (χ1n) is 7.41. The summed E-state index contributed by atoms with van der Waals surface area (Å²) in [4.78, 5) is 25.8. The van der Waals surface area contributed by atoms with Crippen LogP contribution in [-0.2, 0) is 9.59 Å². The molecule has 2 unspecified atom stereocenters. The van der Waals surface area contributed by atoms with Gasteiger partial charge in [0.1, 0.15) is 0 Å². The summed E-state index contributed by atoms with van der Waals surface area (Å²) in [5.74, 6) is 0.122. The predicted octanol–water partition coefficient (Wildman–Crippen LogP) is 1.47. The molecule has 0 radical (unpaired) electrons. The summed E-state index contributed by atoms with van der Waals surface area (Å²) in [5, 5.41) is 6.04. The fraction of sp³-hybridized carbons (Fsp3) is 0.500. The van der Waals surface area contributed by atoms with Crippen LogP contribution in [-0.4, -0.2) is 42.9 Å². The number of hydrogen-bond acceptors (Lipinski definition) is 3. The number of piperidine rings is 1. The zero-order valence-corrected chi connectivity index (χ0v) is 12.6. The number of carbonyl (C=O) groups excluding carboxylic acids is 2. The molecule has 2 atom stereocenters. The van der Waals surface area contributed by atoms with E-state index >= 15 is 0 Å². The van der Waals surface area contributed by atoms with Crippen molar-refractivity contribution >= 4 is 17.5 Å². The van der Waals surface area contributed by atoms with Gasteiger partial charge < -0.3 is 15.5 Å². The van der Waals surface area contributed by atoms with Crippen molar-refractivity contribution < 1.29 is 9.59 Å². The number of carbonyl (C=O) groups is 2. The van der Waals surface area contributed by atoms with E-state index in [0.717, 1.165) is 25.1 Å². The average molecular weight is 289 g/mol. The number of likely N-dealkylation sites (N-methyl/N-ethyl adjacent to an activating group) is 1. The second-order valence-corrected chi connectivity index (χ2v) is 5.66. The number of amides is 2. The first-order valence-corrected chi connectivity index (χ1v) is 7.41. The lowest BCUT2D eigenvalue weighted by molar-refractivity contribution is -0.136. The smallest absolute Gasteiger partial charge is 0.243 e. The molecule has 1 fully saturated rings. The van der Waals surface area contributed by atoms with Crippen LogP contribution in [0.25, 0.3) is 0 Å². The van der Waals surface area contributed by atoms with Crippen LogP contribution in [0.3, 0.4) is 0 Å². The highest BCUT2D eigenvalue weighted by atomic mass is 16.2. The van der Waals surface area contributed by atoms with Crippen LogP contribution in [0.15, 0.2) is 30.3 Å². The lowest BCUT2D eigenvalue weighted by Crippen LogP contribution is -2.52. The van der Waals surface area contributed by atoms with Gasteiger partial charge in [-0.1, -0.05) is 25.1 Å². The highest BCUT2D eigenvalue weighted by molar-refractivity contribution is 5.95. The van der Waals surface area contributed by atoms with Crippen molar-refractivity contribution in [1.29, 1.82) is 0 Å². The Balaban J connectivity index is 1.86. The van der Waals surface area contributed by atoms with Crippen molar-refractivity contribution in [2.75, 3.05) is 25.5 Å². The van der Waals surface area contributed by atoms with Crippen LogP contribution < -0.4 is 10.6 Å². The zero-order valence-electron chi connectivity index (χ0n) is 12.6. The zero-order chi connectivity index (χ0) is 15.2. The molecule has 1 heterocycles. The fourth-order valence-electron chi connectivity index (χ4n) is 2.63. The highest BCUT2D eigenvalue weighted by Gasteiger charge is 2.30. The van der Waals surface area contributed by atoms with Gasteiger partial charge in [0, 0.05) is 12.7 Å². The molecule has 0 aliphatic carbocycles. The standard InChI is InChI=1S/C16H23N3O2/c1-12-7-6-10-17-15(12)16(21)19(2)11-14(20)18-13-8-4-3-5-9-13/h3-5,8-9,12,15,17H,6-7,10-11H2,1-2H3,(H,18,20). The molecule has 0 bridgehead atoms. The number of para-hydroxylation sites is 1.